The quantitative estimate of drug-likeness (QED) is 0.552. The first kappa shape index (κ1) is 19.5. The van der Waals surface area contributed by atoms with Gasteiger partial charge in [0.2, 0.25) is 0 Å². The highest BCUT2D eigenvalue weighted by Gasteiger charge is 2.22. The summed E-state index contributed by atoms with van der Waals surface area (Å²) >= 11 is 0. The van der Waals surface area contributed by atoms with Gasteiger partial charge < -0.3 is 15.5 Å². The second-order valence-corrected chi connectivity index (χ2v) is 7.95. The zero-order valence-electron chi connectivity index (χ0n) is 17.7. The second-order valence-electron chi connectivity index (χ2n) is 7.95. The van der Waals surface area contributed by atoms with Gasteiger partial charge in [0.25, 0.3) is 0 Å². The summed E-state index contributed by atoms with van der Waals surface area (Å²) < 4.78 is 0. The summed E-state index contributed by atoms with van der Waals surface area (Å²) in [6, 6.07) is 18.9. The topological polar surface area (TPSA) is 71.2 Å². The first-order valence-corrected chi connectivity index (χ1v) is 10.7. The van der Waals surface area contributed by atoms with Crippen LogP contribution >= 0.6 is 0 Å². The smallest absolute Gasteiger partial charge is 0.159 e. The number of fused-ring (bicyclic) bond motifs is 1. The van der Waals surface area contributed by atoms with Crippen molar-refractivity contribution in [1.29, 1.82) is 0 Å². The van der Waals surface area contributed by atoms with Crippen LogP contribution in [0.25, 0.3) is 22.0 Å². The van der Waals surface area contributed by atoms with E-state index in [1.54, 1.807) is 12.4 Å². The van der Waals surface area contributed by atoms with E-state index < -0.39 is 0 Å². The molecule has 6 heteroatoms. The van der Waals surface area contributed by atoms with E-state index in [1.807, 2.05) is 12.1 Å². The molecule has 3 heterocycles. The first-order chi connectivity index (χ1) is 15.2. The molecule has 2 aromatic heterocycles. The lowest BCUT2D eigenvalue weighted by molar-refractivity contribution is 0.646. The molecule has 0 atom stereocenters. The van der Waals surface area contributed by atoms with Crippen molar-refractivity contribution in [1.82, 2.24) is 15.2 Å². The van der Waals surface area contributed by atoms with Gasteiger partial charge in [-0.25, -0.2) is 0 Å². The number of aromatic nitrogens is 3. The van der Waals surface area contributed by atoms with Gasteiger partial charge in [-0.1, -0.05) is 30.3 Å². The SMILES string of the molecule is Cc1cccc2c(N3CCN(c4ccc(CN)cc4)CC3)nnc(-c3ccncc3)c12. The van der Waals surface area contributed by atoms with E-state index in [2.05, 4.69) is 69.3 Å². The van der Waals surface area contributed by atoms with Crippen LogP contribution in [-0.4, -0.2) is 41.4 Å². The minimum atomic E-state index is 0.578. The molecule has 0 radical (unpaired) electrons. The predicted molar refractivity (Wildman–Crippen MR) is 126 cm³/mol. The van der Waals surface area contributed by atoms with Crippen LogP contribution in [0.3, 0.4) is 0 Å². The molecule has 4 aromatic rings. The molecule has 0 aliphatic carbocycles. The average molecular weight is 411 g/mol. The summed E-state index contributed by atoms with van der Waals surface area (Å²) in [5.41, 5.74) is 11.3. The van der Waals surface area contributed by atoms with Crippen molar-refractivity contribution in [2.24, 2.45) is 5.73 Å². The lowest BCUT2D eigenvalue weighted by Gasteiger charge is -2.37. The fourth-order valence-electron chi connectivity index (χ4n) is 4.33. The third-order valence-electron chi connectivity index (χ3n) is 6.07. The minimum absolute atomic E-state index is 0.578. The summed E-state index contributed by atoms with van der Waals surface area (Å²) in [7, 11) is 0. The molecule has 0 amide bonds. The number of pyridine rings is 1. The van der Waals surface area contributed by atoms with E-state index >= 15 is 0 Å². The maximum absolute atomic E-state index is 5.73. The Labute approximate surface area is 182 Å². The molecule has 31 heavy (non-hydrogen) atoms. The number of aryl methyl sites for hydroxylation is 1. The number of hydrogen-bond donors (Lipinski definition) is 1. The van der Waals surface area contributed by atoms with Crippen molar-refractivity contribution in [2.45, 2.75) is 13.5 Å². The molecule has 1 aliphatic rings. The van der Waals surface area contributed by atoms with Crippen LogP contribution < -0.4 is 15.5 Å². The van der Waals surface area contributed by atoms with Gasteiger partial charge in [0.05, 0.1) is 0 Å². The van der Waals surface area contributed by atoms with Crippen molar-refractivity contribution < 1.29 is 0 Å². The number of anilines is 2. The highest BCUT2D eigenvalue weighted by Crippen LogP contribution is 2.34. The number of benzene rings is 2. The molecular formula is C25H26N6. The maximum Gasteiger partial charge on any atom is 0.159 e. The molecular weight excluding hydrogens is 384 g/mol. The molecule has 6 nitrogen and oxygen atoms in total. The van der Waals surface area contributed by atoms with Crippen molar-refractivity contribution >= 4 is 22.3 Å². The van der Waals surface area contributed by atoms with Gasteiger partial charge in [-0.05, 0) is 42.3 Å². The fourth-order valence-corrected chi connectivity index (χ4v) is 4.33. The number of nitrogens with zero attached hydrogens (tertiary/aromatic N) is 5. The predicted octanol–water partition coefficient (Wildman–Crippen LogP) is 3.79. The number of hydrogen-bond acceptors (Lipinski definition) is 6. The molecule has 1 fully saturated rings. The van der Waals surface area contributed by atoms with Gasteiger partial charge >= 0.3 is 0 Å². The zero-order valence-corrected chi connectivity index (χ0v) is 17.7. The summed E-state index contributed by atoms with van der Waals surface area (Å²) in [6.45, 7) is 6.43. The minimum Gasteiger partial charge on any atom is -0.368 e. The van der Waals surface area contributed by atoms with Crippen LogP contribution in [0.2, 0.25) is 0 Å². The molecule has 1 saturated heterocycles. The average Bonchev–Trinajstić information content (AvgIpc) is 2.84. The monoisotopic (exact) mass is 410 g/mol. The Hall–Kier alpha value is -3.51. The largest absolute Gasteiger partial charge is 0.368 e. The van der Waals surface area contributed by atoms with Gasteiger partial charge in [-0.15, -0.1) is 10.2 Å². The summed E-state index contributed by atoms with van der Waals surface area (Å²) in [4.78, 5) is 8.92. The highest BCUT2D eigenvalue weighted by atomic mass is 15.3. The molecule has 0 saturated carbocycles. The maximum atomic E-state index is 5.73. The summed E-state index contributed by atoms with van der Waals surface area (Å²) in [5, 5.41) is 11.7. The first-order valence-electron chi connectivity index (χ1n) is 10.7. The van der Waals surface area contributed by atoms with E-state index in [-0.39, 0.29) is 0 Å². The van der Waals surface area contributed by atoms with Gasteiger partial charge in [-0.2, -0.15) is 0 Å². The van der Waals surface area contributed by atoms with E-state index in [9.17, 15) is 0 Å². The third kappa shape index (κ3) is 3.70. The Kier molecular flexibility index (Phi) is 5.22. The summed E-state index contributed by atoms with van der Waals surface area (Å²) in [6.07, 6.45) is 3.60. The van der Waals surface area contributed by atoms with Gasteiger partial charge in [0.1, 0.15) is 5.69 Å². The second kappa shape index (κ2) is 8.32. The van der Waals surface area contributed by atoms with E-state index in [0.717, 1.165) is 54.2 Å². The van der Waals surface area contributed by atoms with Crippen molar-refractivity contribution in [2.75, 3.05) is 36.0 Å². The molecule has 5 rings (SSSR count). The van der Waals surface area contributed by atoms with Crippen LogP contribution in [0.5, 0.6) is 0 Å². The van der Waals surface area contributed by atoms with Crippen LogP contribution in [0.4, 0.5) is 11.5 Å². The number of rotatable bonds is 4. The fraction of sp³-hybridized carbons (Fsp3) is 0.240. The van der Waals surface area contributed by atoms with Crippen molar-refractivity contribution in [3.63, 3.8) is 0 Å². The van der Waals surface area contributed by atoms with Crippen LogP contribution in [0.1, 0.15) is 11.1 Å². The molecule has 0 bridgehead atoms. The summed E-state index contributed by atoms with van der Waals surface area (Å²) in [5.74, 6) is 0.967. The van der Waals surface area contributed by atoms with E-state index in [0.29, 0.717) is 6.54 Å². The highest BCUT2D eigenvalue weighted by molar-refractivity contribution is 6.02. The standard InChI is InChI=1S/C25H26N6/c1-18-3-2-4-22-23(18)24(20-9-11-27-12-10-20)28-29-25(22)31-15-13-30(14-16-31)21-7-5-19(17-26)6-8-21/h2-12H,13-17,26H2,1H3. The Morgan fingerprint density at radius 1 is 0.839 bits per heavy atom. The van der Waals surface area contributed by atoms with Crippen LogP contribution in [0.15, 0.2) is 67.0 Å². The molecule has 1 aliphatic heterocycles. The zero-order chi connectivity index (χ0) is 21.2. The van der Waals surface area contributed by atoms with Gasteiger partial charge in [-0.3, -0.25) is 4.98 Å². The molecule has 2 aromatic carbocycles. The van der Waals surface area contributed by atoms with Gasteiger partial charge in [0, 0.05) is 67.1 Å². The van der Waals surface area contributed by atoms with Crippen LogP contribution in [0, 0.1) is 6.92 Å². The van der Waals surface area contributed by atoms with Crippen molar-refractivity contribution in [3.05, 3.63) is 78.1 Å². The van der Waals surface area contributed by atoms with Crippen molar-refractivity contribution in [3.8, 4) is 11.3 Å². The van der Waals surface area contributed by atoms with E-state index in [1.165, 1.54) is 16.6 Å². The van der Waals surface area contributed by atoms with Gasteiger partial charge in [0.15, 0.2) is 5.82 Å². The third-order valence-corrected chi connectivity index (χ3v) is 6.07. The van der Waals surface area contributed by atoms with E-state index in [4.69, 9.17) is 10.8 Å². The molecule has 2 N–H and O–H groups in total. The number of nitrogens with two attached hydrogens (primary N) is 1. The Morgan fingerprint density at radius 2 is 1.55 bits per heavy atom. The normalized spacial score (nSPS) is 14.3. The van der Waals surface area contributed by atoms with Crippen LogP contribution in [-0.2, 0) is 6.54 Å². The Bertz CT molecular complexity index is 1180. The molecule has 156 valence electrons. The number of piperazine rings is 1. The lowest BCUT2D eigenvalue weighted by atomic mass is 10.0. The Morgan fingerprint density at radius 3 is 2.26 bits per heavy atom. The Balaban J connectivity index is 1.44. The lowest BCUT2D eigenvalue weighted by Crippen LogP contribution is -2.47. The molecule has 0 unspecified atom stereocenters. The molecule has 0 spiro atoms.